The zero-order valence-corrected chi connectivity index (χ0v) is 14.9. The number of nitrogens with zero attached hydrogens (tertiary/aromatic N) is 3. The number of nitrogens with one attached hydrogen (secondary N) is 1. The number of benzene rings is 1. The monoisotopic (exact) mass is 418 g/mol. The second-order valence-corrected chi connectivity index (χ2v) is 6.43. The summed E-state index contributed by atoms with van der Waals surface area (Å²) in [4.78, 5) is 16.2. The number of aromatic nitrogens is 3. The van der Waals surface area contributed by atoms with Crippen molar-refractivity contribution in [3.8, 4) is 11.6 Å². The van der Waals surface area contributed by atoms with Gasteiger partial charge in [0, 0.05) is 40.1 Å². The Balaban J connectivity index is 1.51. The number of hydrogen-bond acceptors (Lipinski definition) is 6. The van der Waals surface area contributed by atoms with Gasteiger partial charge in [0.2, 0.25) is 5.88 Å². The van der Waals surface area contributed by atoms with Gasteiger partial charge < -0.3 is 14.8 Å². The standard InChI is InChI=1S/C17H12BrFN4O3/c18-13-8-20-16(12-7-23-22-6-10(12)13)26-17(24)21-5-11-9-3-4-25-15(9)2-1-14(11)19/h1-2,6-8H,3-5H2,(H,21,24). The molecule has 9 heteroatoms. The molecule has 1 aromatic carbocycles. The second-order valence-electron chi connectivity index (χ2n) is 5.57. The average Bonchev–Trinajstić information content (AvgIpc) is 3.12. The lowest BCUT2D eigenvalue weighted by Gasteiger charge is -2.11. The van der Waals surface area contributed by atoms with Crippen LogP contribution in [-0.4, -0.2) is 27.9 Å². The summed E-state index contributed by atoms with van der Waals surface area (Å²) in [5, 5.41) is 11.4. The molecule has 0 spiro atoms. The Bertz CT molecular complexity index is 1010. The number of carbonyl (C=O) groups is 1. The molecule has 0 unspecified atom stereocenters. The number of fused-ring (bicyclic) bond motifs is 2. The predicted molar refractivity (Wildman–Crippen MR) is 93.5 cm³/mol. The molecule has 0 fully saturated rings. The normalized spacial score (nSPS) is 12.5. The lowest BCUT2D eigenvalue weighted by atomic mass is 10.0. The van der Waals surface area contributed by atoms with Gasteiger partial charge in [0.1, 0.15) is 11.6 Å². The topological polar surface area (TPSA) is 86.2 Å². The molecule has 3 heterocycles. The maximum Gasteiger partial charge on any atom is 0.414 e. The first-order valence-electron chi connectivity index (χ1n) is 7.77. The van der Waals surface area contributed by atoms with Crippen LogP contribution in [-0.2, 0) is 13.0 Å². The van der Waals surface area contributed by atoms with Gasteiger partial charge in [-0.05, 0) is 28.1 Å². The smallest absolute Gasteiger partial charge is 0.414 e. The van der Waals surface area contributed by atoms with Crippen LogP contribution < -0.4 is 14.8 Å². The molecule has 1 aliphatic rings. The van der Waals surface area contributed by atoms with Gasteiger partial charge in [0.25, 0.3) is 0 Å². The molecule has 2 aromatic heterocycles. The van der Waals surface area contributed by atoms with Gasteiger partial charge in [-0.1, -0.05) is 0 Å². The van der Waals surface area contributed by atoms with E-state index in [4.69, 9.17) is 9.47 Å². The summed E-state index contributed by atoms with van der Waals surface area (Å²) < 4.78 is 25.5. The molecule has 0 aliphatic carbocycles. The zero-order valence-electron chi connectivity index (χ0n) is 13.3. The van der Waals surface area contributed by atoms with Crippen LogP contribution in [0.25, 0.3) is 10.8 Å². The molecule has 26 heavy (non-hydrogen) atoms. The van der Waals surface area contributed by atoms with E-state index in [1.807, 2.05) is 0 Å². The fourth-order valence-electron chi connectivity index (χ4n) is 2.81. The van der Waals surface area contributed by atoms with Crippen LogP contribution in [0.4, 0.5) is 9.18 Å². The fourth-order valence-corrected chi connectivity index (χ4v) is 3.23. The summed E-state index contributed by atoms with van der Waals surface area (Å²) in [6, 6.07) is 2.92. The van der Waals surface area contributed by atoms with Gasteiger partial charge in [-0.3, -0.25) is 0 Å². The maximum atomic E-state index is 14.1. The summed E-state index contributed by atoms with van der Waals surface area (Å²) in [5.74, 6) is 0.352. The number of pyridine rings is 1. The minimum absolute atomic E-state index is 0.00847. The largest absolute Gasteiger partial charge is 0.493 e. The van der Waals surface area contributed by atoms with Crippen LogP contribution in [0.5, 0.6) is 11.6 Å². The molecular weight excluding hydrogens is 407 g/mol. The van der Waals surface area contributed by atoms with Gasteiger partial charge >= 0.3 is 6.09 Å². The van der Waals surface area contributed by atoms with E-state index in [1.165, 1.54) is 24.7 Å². The van der Waals surface area contributed by atoms with Crippen molar-refractivity contribution in [2.75, 3.05) is 6.61 Å². The van der Waals surface area contributed by atoms with Crippen molar-refractivity contribution in [2.24, 2.45) is 0 Å². The van der Waals surface area contributed by atoms with Gasteiger partial charge in [-0.15, -0.1) is 0 Å². The van der Waals surface area contributed by atoms with Crippen molar-refractivity contribution in [2.45, 2.75) is 13.0 Å². The van der Waals surface area contributed by atoms with Crippen molar-refractivity contribution in [1.29, 1.82) is 0 Å². The number of hydrogen-bond donors (Lipinski definition) is 1. The Labute approximate surface area is 155 Å². The van der Waals surface area contributed by atoms with Crippen molar-refractivity contribution >= 4 is 32.8 Å². The lowest BCUT2D eigenvalue weighted by Crippen LogP contribution is -2.27. The molecule has 1 aliphatic heterocycles. The van der Waals surface area contributed by atoms with Crippen LogP contribution in [0, 0.1) is 5.82 Å². The van der Waals surface area contributed by atoms with Crippen molar-refractivity contribution in [3.63, 3.8) is 0 Å². The predicted octanol–water partition coefficient (Wildman–Crippen LogP) is 3.15. The van der Waals surface area contributed by atoms with Crippen molar-refractivity contribution in [3.05, 3.63) is 52.1 Å². The van der Waals surface area contributed by atoms with Crippen LogP contribution >= 0.6 is 15.9 Å². The Morgan fingerprint density at radius 1 is 1.27 bits per heavy atom. The van der Waals surface area contributed by atoms with Gasteiger partial charge in [-0.2, -0.15) is 10.2 Å². The molecule has 0 saturated carbocycles. The van der Waals surface area contributed by atoms with Crippen LogP contribution in [0.1, 0.15) is 11.1 Å². The third kappa shape index (κ3) is 3.05. The van der Waals surface area contributed by atoms with E-state index in [0.29, 0.717) is 39.6 Å². The second kappa shape index (κ2) is 6.83. The number of rotatable bonds is 3. The van der Waals surface area contributed by atoms with E-state index in [0.717, 1.165) is 5.56 Å². The van der Waals surface area contributed by atoms with E-state index >= 15 is 0 Å². The minimum Gasteiger partial charge on any atom is -0.493 e. The van der Waals surface area contributed by atoms with Gasteiger partial charge in [0.05, 0.1) is 24.4 Å². The Hall–Kier alpha value is -2.81. The van der Waals surface area contributed by atoms with Gasteiger partial charge in [-0.25, -0.2) is 14.2 Å². The Morgan fingerprint density at radius 2 is 2.08 bits per heavy atom. The first kappa shape index (κ1) is 16.6. The summed E-state index contributed by atoms with van der Waals surface area (Å²) in [7, 11) is 0. The first-order chi connectivity index (χ1) is 12.6. The number of amides is 1. The summed E-state index contributed by atoms with van der Waals surface area (Å²) in [6.07, 6.45) is 4.37. The highest BCUT2D eigenvalue weighted by molar-refractivity contribution is 9.10. The molecule has 1 amide bonds. The molecule has 0 radical (unpaired) electrons. The molecule has 132 valence electrons. The van der Waals surface area contributed by atoms with E-state index in [9.17, 15) is 9.18 Å². The third-order valence-electron chi connectivity index (χ3n) is 4.05. The van der Waals surface area contributed by atoms with Crippen molar-refractivity contribution in [1.82, 2.24) is 20.5 Å². The Kier molecular flexibility index (Phi) is 4.37. The highest BCUT2D eigenvalue weighted by Crippen LogP contribution is 2.30. The quantitative estimate of drug-likeness (QED) is 0.702. The number of ether oxygens (including phenoxy) is 2. The summed E-state index contributed by atoms with van der Waals surface area (Å²) in [5.41, 5.74) is 1.17. The fraction of sp³-hybridized carbons (Fsp3) is 0.176. The van der Waals surface area contributed by atoms with Crippen LogP contribution in [0.3, 0.4) is 0 Å². The third-order valence-corrected chi connectivity index (χ3v) is 4.68. The van der Waals surface area contributed by atoms with Gasteiger partial charge in [0.15, 0.2) is 0 Å². The minimum atomic E-state index is -0.742. The molecular formula is C17H12BrFN4O3. The molecule has 0 saturated heterocycles. The SMILES string of the molecule is O=C(NCc1c(F)ccc2c1CCO2)Oc1ncc(Br)c2cnncc12. The van der Waals surface area contributed by atoms with E-state index in [1.54, 1.807) is 6.07 Å². The molecule has 4 rings (SSSR count). The first-order valence-corrected chi connectivity index (χ1v) is 8.56. The summed E-state index contributed by atoms with van der Waals surface area (Å²) in [6.45, 7) is 0.498. The lowest BCUT2D eigenvalue weighted by molar-refractivity contribution is 0.198. The van der Waals surface area contributed by atoms with Crippen molar-refractivity contribution < 1.29 is 18.7 Å². The number of halogens is 2. The van der Waals surface area contributed by atoms with Crippen LogP contribution in [0.2, 0.25) is 0 Å². The highest BCUT2D eigenvalue weighted by Gasteiger charge is 2.20. The molecule has 0 bridgehead atoms. The zero-order chi connectivity index (χ0) is 18.1. The van der Waals surface area contributed by atoms with E-state index in [2.05, 4.69) is 36.4 Å². The number of carbonyl (C=O) groups excluding carboxylic acids is 1. The maximum absolute atomic E-state index is 14.1. The van der Waals surface area contributed by atoms with E-state index < -0.39 is 11.9 Å². The molecule has 0 atom stereocenters. The average molecular weight is 419 g/mol. The Morgan fingerprint density at radius 3 is 2.92 bits per heavy atom. The summed E-state index contributed by atoms with van der Waals surface area (Å²) >= 11 is 3.36. The highest BCUT2D eigenvalue weighted by atomic mass is 79.9. The molecule has 3 aromatic rings. The molecule has 1 N–H and O–H groups in total. The molecule has 7 nitrogen and oxygen atoms in total. The van der Waals surface area contributed by atoms with E-state index in [-0.39, 0.29) is 12.4 Å². The van der Waals surface area contributed by atoms with Crippen LogP contribution in [0.15, 0.2) is 35.2 Å².